The topological polar surface area (TPSA) is 29.5 Å². The molecule has 0 saturated carbocycles. The maximum atomic E-state index is 12.2. The van der Waals surface area contributed by atoms with Gasteiger partial charge in [-0.05, 0) is 52.9 Å². The fourth-order valence-corrected chi connectivity index (χ4v) is 2.73. The molecule has 3 nitrogen and oxygen atoms in total. The van der Waals surface area contributed by atoms with E-state index in [-0.39, 0.29) is 6.09 Å². The molecule has 1 saturated heterocycles. The van der Waals surface area contributed by atoms with Gasteiger partial charge in [-0.25, -0.2) is 4.79 Å². The van der Waals surface area contributed by atoms with E-state index in [0.717, 1.165) is 51.5 Å². The highest BCUT2D eigenvalue weighted by Crippen LogP contribution is 2.24. The molecule has 22 heavy (non-hydrogen) atoms. The maximum Gasteiger partial charge on any atom is 0.410 e. The first-order valence-corrected chi connectivity index (χ1v) is 8.89. The predicted molar refractivity (Wildman–Crippen MR) is 91.7 cm³/mol. The molecule has 1 rings (SSSR count). The second-order valence-electron chi connectivity index (χ2n) is 7.17. The fourth-order valence-electron chi connectivity index (χ4n) is 2.73. The van der Waals surface area contributed by atoms with Gasteiger partial charge >= 0.3 is 6.09 Å². The van der Waals surface area contributed by atoms with Crippen molar-refractivity contribution in [3.05, 3.63) is 0 Å². The summed E-state index contributed by atoms with van der Waals surface area (Å²) in [6, 6.07) is 0.364. The van der Waals surface area contributed by atoms with Crippen molar-refractivity contribution in [3.8, 4) is 11.8 Å². The molecule has 0 aromatic rings. The van der Waals surface area contributed by atoms with Crippen LogP contribution in [0.15, 0.2) is 0 Å². The predicted octanol–water partition coefficient (Wildman–Crippen LogP) is 5.14. The summed E-state index contributed by atoms with van der Waals surface area (Å²) in [6.07, 6.45) is 9.88. The molecule has 1 amide bonds. The van der Waals surface area contributed by atoms with Crippen LogP contribution in [0.5, 0.6) is 0 Å². The molecule has 1 atom stereocenters. The Balaban J connectivity index is 2.23. The smallest absolute Gasteiger partial charge is 0.410 e. The lowest BCUT2D eigenvalue weighted by Crippen LogP contribution is -2.39. The van der Waals surface area contributed by atoms with Crippen molar-refractivity contribution in [3.63, 3.8) is 0 Å². The Morgan fingerprint density at radius 3 is 2.50 bits per heavy atom. The summed E-state index contributed by atoms with van der Waals surface area (Å²) in [5, 5.41) is 0. The highest BCUT2D eigenvalue weighted by Gasteiger charge is 2.31. The first kappa shape index (κ1) is 18.9. The van der Waals surface area contributed by atoms with Crippen molar-refractivity contribution in [2.24, 2.45) is 0 Å². The molecule has 0 bridgehead atoms. The maximum absolute atomic E-state index is 12.2. The third-order valence-corrected chi connectivity index (χ3v) is 3.87. The molecule has 1 aliphatic heterocycles. The summed E-state index contributed by atoms with van der Waals surface area (Å²) in [5.74, 6) is 6.49. The van der Waals surface area contributed by atoms with Crippen LogP contribution in [0.1, 0.15) is 85.5 Å². The van der Waals surface area contributed by atoms with Gasteiger partial charge in [0.25, 0.3) is 0 Å². The molecule has 0 radical (unpaired) electrons. The Bertz CT molecular complexity index is 386. The van der Waals surface area contributed by atoms with Gasteiger partial charge in [0, 0.05) is 25.4 Å². The number of amides is 1. The number of carbonyl (C=O) groups is 1. The number of hydrogen-bond acceptors (Lipinski definition) is 2. The molecule has 0 aromatic carbocycles. The molecule has 3 heteroatoms. The largest absolute Gasteiger partial charge is 0.444 e. The molecule has 126 valence electrons. The van der Waals surface area contributed by atoms with Crippen LogP contribution in [-0.4, -0.2) is 29.2 Å². The monoisotopic (exact) mass is 307 g/mol. The summed E-state index contributed by atoms with van der Waals surface area (Å²) < 4.78 is 5.50. The third kappa shape index (κ3) is 7.73. The van der Waals surface area contributed by atoms with Crippen LogP contribution in [0.25, 0.3) is 0 Å². The van der Waals surface area contributed by atoms with Gasteiger partial charge in [-0.3, -0.25) is 0 Å². The fraction of sp³-hybridized carbons (Fsp3) is 0.842. The van der Waals surface area contributed by atoms with E-state index >= 15 is 0 Å². The minimum atomic E-state index is -0.404. The van der Waals surface area contributed by atoms with E-state index < -0.39 is 5.60 Å². The van der Waals surface area contributed by atoms with Crippen molar-refractivity contribution in [2.45, 2.75) is 97.1 Å². The molecule has 0 N–H and O–H groups in total. The number of carbonyl (C=O) groups excluding carboxylic acids is 1. The summed E-state index contributed by atoms with van der Waals surface area (Å²) in [7, 11) is 0. The van der Waals surface area contributed by atoms with E-state index in [1.165, 1.54) is 12.8 Å². The van der Waals surface area contributed by atoms with Gasteiger partial charge in [0.05, 0.1) is 0 Å². The summed E-state index contributed by atoms with van der Waals surface area (Å²) >= 11 is 0. The van der Waals surface area contributed by atoms with E-state index in [9.17, 15) is 4.79 Å². The normalized spacial score (nSPS) is 18.0. The number of hydrogen-bond donors (Lipinski definition) is 0. The zero-order chi connectivity index (χ0) is 16.4. The Kier molecular flexibility index (Phi) is 8.38. The lowest BCUT2D eigenvalue weighted by molar-refractivity contribution is 0.0219. The second kappa shape index (κ2) is 9.77. The quantitative estimate of drug-likeness (QED) is 0.502. The van der Waals surface area contributed by atoms with Crippen LogP contribution in [-0.2, 0) is 4.74 Å². The van der Waals surface area contributed by atoms with Gasteiger partial charge in [-0.2, -0.15) is 0 Å². The van der Waals surface area contributed by atoms with E-state index in [1.807, 2.05) is 25.7 Å². The summed E-state index contributed by atoms with van der Waals surface area (Å²) in [4.78, 5) is 14.1. The highest BCUT2D eigenvalue weighted by molar-refractivity contribution is 5.68. The second-order valence-corrected chi connectivity index (χ2v) is 7.17. The summed E-state index contributed by atoms with van der Waals surface area (Å²) in [5.41, 5.74) is -0.404. The Hall–Kier alpha value is -1.17. The zero-order valence-electron chi connectivity index (χ0n) is 14.9. The number of nitrogens with zero attached hydrogens (tertiary/aromatic N) is 1. The average Bonchev–Trinajstić information content (AvgIpc) is 2.88. The lowest BCUT2D eigenvalue weighted by Gasteiger charge is -2.28. The van der Waals surface area contributed by atoms with Crippen LogP contribution in [0.3, 0.4) is 0 Å². The Morgan fingerprint density at radius 2 is 1.86 bits per heavy atom. The van der Waals surface area contributed by atoms with Crippen LogP contribution >= 0.6 is 0 Å². The van der Waals surface area contributed by atoms with E-state index in [2.05, 4.69) is 18.8 Å². The van der Waals surface area contributed by atoms with Crippen molar-refractivity contribution in [1.29, 1.82) is 0 Å². The van der Waals surface area contributed by atoms with Crippen molar-refractivity contribution < 1.29 is 9.53 Å². The molecular weight excluding hydrogens is 274 g/mol. The standard InChI is InChI=1S/C19H33NO2/c1-5-6-7-8-9-10-11-12-14-17-15-13-16-20(17)18(21)22-19(2,3)4/h17H,5-7,10-16H2,1-4H3/t17-/m1/s1. The molecule has 0 spiro atoms. The molecular formula is C19H33NO2. The van der Waals surface area contributed by atoms with E-state index in [0.29, 0.717) is 6.04 Å². The van der Waals surface area contributed by atoms with Gasteiger partial charge in [-0.1, -0.05) is 19.8 Å². The SMILES string of the molecule is CCCCC#CCCCC[C@@H]1CCCN1C(=O)OC(C)(C)C. The Morgan fingerprint density at radius 1 is 1.18 bits per heavy atom. The number of likely N-dealkylation sites (tertiary alicyclic amines) is 1. The molecule has 0 aromatic heterocycles. The first-order chi connectivity index (χ1) is 10.4. The summed E-state index contributed by atoms with van der Waals surface area (Å²) in [6.45, 7) is 8.81. The highest BCUT2D eigenvalue weighted by atomic mass is 16.6. The van der Waals surface area contributed by atoms with Crippen LogP contribution < -0.4 is 0 Å². The molecule has 0 unspecified atom stereocenters. The van der Waals surface area contributed by atoms with Crippen molar-refractivity contribution >= 4 is 6.09 Å². The van der Waals surface area contributed by atoms with Crippen molar-refractivity contribution in [1.82, 2.24) is 4.90 Å². The third-order valence-electron chi connectivity index (χ3n) is 3.87. The van der Waals surface area contributed by atoms with Crippen molar-refractivity contribution in [2.75, 3.05) is 6.54 Å². The molecule has 1 fully saturated rings. The molecule has 0 aliphatic carbocycles. The first-order valence-electron chi connectivity index (χ1n) is 8.89. The average molecular weight is 307 g/mol. The van der Waals surface area contributed by atoms with Crippen LogP contribution in [0.4, 0.5) is 4.79 Å². The minimum absolute atomic E-state index is 0.144. The number of rotatable bonds is 6. The van der Waals surface area contributed by atoms with Gasteiger partial charge in [0.1, 0.15) is 5.60 Å². The lowest BCUT2D eigenvalue weighted by atomic mass is 10.1. The van der Waals surface area contributed by atoms with Gasteiger partial charge < -0.3 is 9.64 Å². The van der Waals surface area contributed by atoms with E-state index in [4.69, 9.17) is 4.74 Å². The molecule has 1 heterocycles. The van der Waals surface area contributed by atoms with Crippen LogP contribution in [0.2, 0.25) is 0 Å². The number of ether oxygens (including phenoxy) is 1. The van der Waals surface area contributed by atoms with Gasteiger partial charge in [-0.15, -0.1) is 11.8 Å². The van der Waals surface area contributed by atoms with Gasteiger partial charge in [0.15, 0.2) is 0 Å². The molecule has 1 aliphatic rings. The van der Waals surface area contributed by atoms with Gasteiger partial charge in [0.2, 0.25) is 0 Å². The Labute approximate surface area is 136 Å². The van der Waals surface area contributed by atoms with E-state index in [1.54, 1.807) is 0 Å². The number of unbranched alkanes of at least 4 members (excludes halogenated alkanes) is 4. The minimum Gasteiger partial charge on any atom is -0.444 e. The van der Waals surface area contributed by atoms with Crippen LogP contribution in [0, 0.1) is 11.8 Å². The zero-order valence-corrected chi connectivity index (χ0v) is 14.9.